The predicted octanol–water partition coefficient (Wildman–Crippen LogP) is 1.51. The van der Waals surface area contributed by atoms with Crippen molar-refractivity contribution in [3.63, 3.8) is 0 Å². The number of hydrogen-bond acceptors (Lipinski definition) is 4. The summed E-state index contributed by atoms with van der Waals surface area (Å²) in [5.41, 5.74) is 0.399. The zero-order valence-corrected chi connectivity index (χ0v) is 14.8. The first-order chi connectivity index (χ1) is 11.4. The molecule has 2 rings (SSSR count). The molecule has 1 heterocycles. The first-order valence-electron chi connectivity index (χ1n) is 7.32. The van der Waals surface area contributed by atoms with Crippen LogP contribution in [0.3, 0.4) is 0 Å². The van der Waals surface area contributed by atoms with Gasteiger partial charge in [-0.25, -0.2) is 13.4 Å². The molecule has 0 atom stereocenters. The molecule has 1 N–H and O–H groups in total. The van der Waals surface area contributed by atoms with Gasteiger partial charge in [0.25, 0.3) is 0 Å². The lowest BCUT2D eigenvalue weighted by atomic mass is 10.3. The van der Waals surface area contributed by atoms with Crippen LogP contribution in [0, 0.1) is 0 Å². The third kappa shape index (κ3) is 5.54. The van der Waals surface area contributed by atoms with Crippen molar-refractivity contribution in [3.05, 3.63) is 48.0 Å². The zero-order chi connectivity index (χ0) is 17.6. The Morgan fingerprint density at radius 2 is 2.04 bits per heavy atom. The average molecular weight is 371 g/mol. The highest BCUT2D eigenvalue weighted by Gasteiger charge is 2.20. The number of aromatic nitrogens is 2. The molecule has 130 valence electrons. The van der Waals surface area contributed by atoms with Crippen molar-refractivity contribution in [2.45, 2.75) is 13.0 Å². The fourth-order valence-electron chi connectivity index (χ4n) is 2.10. The van der Waals surface area contributed by atoms with Gasteiger partial charge in [-0.1, -0.05) is 11.6 Å². The summed E-state index contributed by atoms with van der Waals surface area (Å²) in [6.45, 7) is 0.911. The Bertz CT molecular complexity index is 761. The van der Waals surface area contributed by atoms with Gasteiger partial charge in [0.2, 0.25) is 15.9 Å². The number of rotatable bonds is 8. The first kappa shape index (κ1) is 18.3. The molecule has 24 heavy (non-hydrogen) atoms. The maximum Gasteiger partial charge on any atom is 0.240 e. The molecular weight excluding hydrogens is 352 g/mol. The fraction of sp³-hybridized carbons (Fsp3) is 0.333. The van der Waals surface area contributed by atoms with Gasteiger partial charge < -0.3 is 9.88 Å². The van der Waals surface area contributed by atoms with Crippen LogP contribution in [-0.4, -0.2) is 43.2 Å². The van der Waals surface area contributed by atoms with Crippen LogP contribution in [0.2, 0.25) is 5.02 Å². The molecule has 9 heteroatoms. The van der Waals surface area contributed by atoms with E-state index < -0.39 is 10.0 Å². The molecule has 7 nitrogen and oxygen atoms in total. The number of sulfonamides is 1. The molecule has 0 saturated heterocycles. The quantitative estimate of drug-likeness (QED) is 0.714. The number of carbonyl (C=O) groups excluding carboxylic acids is 1. The van der Waals surface area contributed by atoms with E-state index >= 15 is 0 Å². The Morgan fingerprint density at radius 1 is 1.33 bits per heavy atom. The SMILES string of the molecule is CS(=O)(=O)N(CC(=O)NCCCn1ccnc1)c1ccc(Cl)cc1. The van der Waals surface area contributed by atoms with Gasteiger partial charge in [-0.2, -0.15) is 0 Å². The number of nitrogens with one attached hydrogen (secondary N) is 1. The van der Waals surface area contributed by atoms with E-state index in [1.807, 2.05) is 10.8 Å². The third-order valence-corrected chi connectivity index (χ3v) is 4.67. The topological polar surface area (TPSA) is 84.3 Å². The monoisotopic (exact) mass is 370 g/mol. The van der Waals surface area contributed by atoms with Gasteiger partial charge in [0.1, 0.15) is 6.54 Å². The van der Waals surface area contributed by atoms with Crippen LogP contribution >= 0.6 is 11.6 Å². The van der Waals surface area contributed by atoms with Gasteiger partial charge in [0.05, 0.1) is 18.3 Å². The Balaban J connectivity index is 1.89. The molecule has 0 fully saturated rings. The van der Waals surface area contributed by atoms with Gasteiger partial charge in [-0.15, -0.1) is 0 Å². The van der Waals surface area contributed by atoms with E-state index in [-0.39, 0.29) is 12.5 Å². The lowest BCUT2D eigenvalue weighted by Crippen LogP contribution is -2.40. The van der Waals surface area contributed by atoms with Crippen LogP contribution in [0.15, 0.2) is 43.0 Å². The van der Waals surface area contributed by atoms with E-state index in [1.165, 1.54) is 0 Å². The summed E-state index contributed by atoms with van der Waals surface area (Å²) in [5, 5.41) is 3.22. The molecule has 1 aromatic heterocycles. The first-order valence-corrected chi connectivity index (χ1v) is 9.54. The standard InChI is InChI=1S/C15H19ClN4O3S/c1-24(22,23)20(14-5-3-13(16)4-6-14)11-15(21)18-7-2-9-19-10-8-17-12-19/h3-6,8,10,12H,2,7,9,11H2,1H3,(H,18,21). The number of anilines is 1. The number of nitrogens with zero attached hydrogens (tertiary/aromatic N) is 3. The van der Waals surface area contributed by atoms with E-state index in [0.29, 0.717) is 17.3 Å². The molecule has 0 spiro atoms. The normalized spacial score (nSPS) is 11.2. The number of halogens is 1. The number of amides is 1. The molecule has 0 saturated carbocycles. The van der Waals surface area contributed by atoms with Crippen LogP contribution in [0.5, 0.6) is 0 Å². The van der Waals surface area contributed by atoms with Crippen molar-refractivity contribution in [2.24, 2.45) is 0 Å². The Kier molecular flexibility index (Phi) is 6.22. The van der Waals surface area contributed by atoms with Gasteiger partial charge in [0.15, 0.2) is 0 Å². The maximum absolute atomic E-state index is 12.0. The summed E-state index contributed by atoms with van der Waals surface area (Å²) in [6, 6.07) is 6.29. The van der Waals surface area contributed by atoms with Crippen molar-refractivity contribution >= 4 is 33.2 Å². The minimum absolute atomic E-state index is 0.272. The molecule has 0 aliphatic heterocycles. The summed E-state index contributed by atoms with van der Waals surface area (Å²) >= 11 is 5.81. The Morgan fingerprint density at radius 3 is 2.62 bits per heavy atom. The highest BCUT2D eigenvalue weighted by Crippen LogP contribution is 2.20. The third-order valence-electron chi connectivity index (χ3n) is 3.28. The number of carbonyl (C=O) groups is 1. The summed E-state index contributed by atoms with van der Waals surface area (Å²) < 4.78 is 26.8. The maximum atomic E-state index is 12.0. The second-order valence-electron chi connectivity index (χ2n) is 5.25. The summed E-state index contributed by atoms with van der Waals surface area (Å²) in [6.07, 6.45) is 7.02. The molecule has 0 unspecified atom stereocenters. The summed E-state index contributed by atoms with van der Waals surface area (Å²) in [5.74, 6) is -0.360. The van der Waals surface area contributed by atoms with Gasteiger partial charge in [-0.3, -0.25) is 9.10 Å². The highest BCUT2D eigenvalue weighted by atomic mass is 35.5. The molecule has 0 radical (unpaired) electrons. The molecule has 0 aliphatic rings. The molecule has 1 aromatic carbocycles. The van der Waals surface area contributed by atoms with Crippen LogP contribution in [0.4, 0.5) is 5.69 Å². The predicted molar refractivity (Wildman–Crippen MR) is 93.5 cm³/mol. The highest BCUT2D eigenvalue weighted by molar-refractivity contribution is 7.92. The van der Waals surface area contributed by atoms with Crippen LogP contribution < -0.4 is 9.62 Å². The average Bonchev–Trinajstić information content (AvgIpc) is 3.02. The van der Waals surface area contributed by atoms with Crippen molar-refractivity contribution in [3.8, 4) is 0 Å². The summed E-state index contributed by atoms with van der Waals surface area (Å²) in [4.78, 5) is 16.0. The van der Waals surface area contributed by atoms with Crippen molar-refractivity contribution in [1.82, 2.24) is 14.9 Å². The molecule has 0 bridgehead atoms. The largest absolute Gasteiger partial charge is 0.354 e. The second kappa shape index (κ2) is 8.16. The minimum atomic E-state index is -3.57. The van der Waals surface area contributed by atoms with E-state index in [9.17, 15) is 13.2 Å². The number of hydrogen-bond donors (Lipinski definition) is 1. The van der Waals surface area contributed by atoms with Gasteiger partial charge in [-0.05, 0) is 30.7 Å². The van der Waals surface area contributed by atoms with E-state index in [1.54, 1.807) is 36.8 Å². The zero-order valence-electron chi connectivity index (χ0n) is 13.2. The van der Waals surface area contributed by atoms with Crippen molar-refractivity contribution in [2.75, 3.05) is 23.7 Å². The van der Waals surface area contributed by atoms with Crippen molar-refractivity contribution in [1.29, 1.82) is 0 Å². The minimum Gasteiger partial charge on any atom is -0.354 e. The lowest BCUT2D eigenvalue weighted by Gasteiger charge is -2.22. The van der Waals surface area contributed by atoms with Crippen LogP contribution in [0.1, 0.15) is 6.42 Å². The van der Waals surface area contributed by atoms with E-state index in [4.69, 9.17) is 11.6 Å². The Hall–Kier alpha value is -2.06. The van der Waals surface area contributed by atoms with Crippen molar-refractivity contribution < 1.29 is 13.2 Å². The second-order valence-corrected chi connectivity index (χ2v) is 7.59. The Labute approximate surface area is 146 Å². The smallest absolute Gasteiger partial charge is 0.240 e. The fourth-order valence-corrected chi connectivity index (χ4v) is 3.08. The molecule has 1 amide bonds. The summed E-state index contributed by atoms with van der Waals surface area (Å²) in [7, 11) is -3.57. The van der Waals surface area contributed by atoms with Crippen LogP contribution in [-0.2, 0) is 21.4 Å². The molecule has 2 aromatic rings. The van der Waals surface area contributed by atoms with Gasteiger partial charge >= 0.3 is 0 Å². The van der Waals surface area contributed by atoms with E-state index in [2.05, 4.69) is 10.3 Å². The molecular formula is C15H19ClN4O3S. The lowest BCUT2D eigenvalue weighted by molar-refractivity contribution is -0.119. The molecule has 0 aliphatic carbocycles. The van der Waals surface area contributed by atoms with E-state index in [0.717, 1.165) is 23.5 Å². The number of aryl methyl sites for hydroxylation is 1. The number of benzene rings is 1. The number of imidazole rings is 1. The van der Waals surface area contributed by atoms with Gasteiger partial charge in [0, 0.05) is 30.5 Å². The van der Waals surface area contributed by atoms with Crippen LogP contribution in [0.25, 0.3) is 0 Å².